The van der Waals surface area contributed by atoms with Crippen LogP contribution in [0, 0.1) is 0 Å². The molecule has 1 aliphatic rings. The molecule has 1 heterocycles. The standard InChI is InChI=1S/C10H14N2OS/c13-10(11-8-4-1-2-5-8)12-9-6-3-7-14-9/h3,6-8H,1-2,4-5H2,(H2,11,12,13). The lowest BCUT2D eigenvalue weighted by Gasteiger charge is -2.11. The van der Waals surface area contributed by atoms with Crippen LogP contribution in [0.5, 0.6) is 0 Å². The van der Waals surface area contributed by atoms with Gasteiger partial charge in [0.15, 0.2) is 0 Å². The summed E-state index contributed by atoms with van der Waals surface area (Å²) in [6.45, 7) is 0. The molecule has 4 heteroatoms. The monoisotopic (exact) mass is 210 g/mol. The van der Waals surface area contributed by atoms with Gasteiger partial charge in [-0.05, 0) is 30.4 Å². The smallest absolute Gasteiger partial charge is 0.320 e. The summed E-state index contributed by atoms with van der Waals surface area (Å²) >= 11 is 1.54. The van der Waals surface area contributed by atoms with Crippen molar-refractivity contribution < 1.29 is 4.79 Å². The van der Waals surface area contributed by atoms with Gasteiger partial charge in [-0.25, -0.2) is 4.79 Å². The number of anilines is 1. The summed E-state index contributed by atoms with van der Waals surface area (Å²) in [7, 11) is 0. The molecule has 0 spiro atoms. The molecule has 1 aliphatic carbocycles. The first-order valence-corrected chi connectivity index (χ1v) is 5.83. The second-order valence-corrected chi connectivity index (χ2v) is 4.50. The van der Waals surface area contributed by atoms with Crippen molar-refractivity contribution in [3.8, 4) is 0 Å². The minimum Gasteiger partial charge on any atom is -0.335 e. The summed E-state index contributed by atoms with van der Waals surface area (Å²) in [6, 6.07) is 4.14. The lowest BCUT2D eigenvalue weighted by atomic mass is 10.3. The molecule has 3 nitrogen and oxygen atoms in total. The number of hydrogen-bond donors (Lipinski definition) is 2. The predicted octanol–water partition coefficient (Wildman–Crippen LogP) is 2.81. The summed E-state index contributed by atoms with van der Waals surface area (Å²) < 4.78 is 0. The zero-order valence-electron chi connectivity index (χ0n) is 7.95. The Kier molecular flexibility index (Phi) is 3.03. The Morgan fingerprint density at radius 2 is 2.21 bits per heavy atom. The van der Waals surface area contributed by atoms with Gasteiger partial charge in [0.1, 0.15) is 0 Å². The van der Waals surface area contributed by atoms with E-state index in [1.165, 1.54) is 24.2 Å². The molecule has 1 aromatic rings. The number of rotatable bonds is 2. The molecular weight excluding hydrogens is 196 g/mol. The average Bonchev–Trinajstić information content (AvgIpc) is 2.76. The number of hydrogen-bond acceptors (Lipinski definition) is 2. The number of urea groups is 1. The fourth-order valence-corrected chi connectivity index (χ4v) is 2.37. The largest absolute Gasteiger partial charge is 0.335 e. The average molecular weight is 210 g/mol. The van der Waals surface area contributed by atoms with Crippen LogP contribution in [0.4, 0.5) is 9.80 Å². The van der Waals surface area contributed by atoms with E-state index < -0.39 is 0 Å². The van der Waals surface area contributed by atoms with Crippen molar-refractivity contribution in [2.75, 3.05) is 5.32 Å². The normalized spacial score (nSPS) is 16.9. The van der Waals surface area contributed by atoms with E-state index in [9.17, 15) is 4.79 Å². The second-order valence-electron chi connectivity index (χ2n) is 3.56. The molecule has 1 fully saturated rings. The van der Waals surface area contributed by atoms with Gasteiger partial charge in [-0.1, -0.05) is 12.8 Å². The maximum atomic E-state index is 11.5. The van der Waals surface area contributed by atoms with Crippen LogP contribution >= 0.6 is 11.3 Å². The Morgan fingerprint density at radius 3 is 2.86 bits per heavy atom. The van der Waals surface area contributed by atoms with Gasteiger partial charge in [-0.2, -0.15) is 0 Å². The summed E-state index contributed by atoms with van der Waals surface area (Å²) in [5, 5.41) is 8.64. The van der Waals surface area contributed by atoms with E-state index >= 15 is 0 Å². The second kappa shape index (κ2) is 4.46. The molecule has 1 aromatic heterocycles. The maximum Gasteiger partial charge on any atom is 0.320 e. The predicted molar refractivity (Wildman–Crippen MR) is 58.7 cm³/mol. The molecular formula is C10H14N2OS. The summed E-state index contributed by atoms with van der Waals surface area (Å²) in [5.41, 5.74) is 0. The van der Waals surface area contributed by atoms with Crippen molar-refractivity contribution in [1.82, 2.24) is 5.32 Å². The van der Waals surface area contributed by atoms with E-state index in [0.29, 0.717) is 6.04 Å². The van der Waals surface area contributed by atoms with Gasteiger partial charge in [-0.3, -0.25) is 5.32 Å². The van der Waals surface area contributed by atoms with Crippen LogP contribution in [0.1, 0.15) is 25.7 Å². The Balaban J connectivity index is 1.78. The molecule has 2 amide bonds. The highest BCUT2D eigenvalue weighted by Gasteiger charge is 2.16. The summed E-state index contributed by atoms with van der Waals surface area (Å²) in [4.78, 5) is 11.5. The fraction of sp³-hybridized carbons (Fsp3) is 0.500. The van der Waals surface area contributed by atoms with Gasteiger partial charge in [0.05, 0.1) is 5.00 Å². The zero-order chi connectivity index (χ0) is 9.80. The molecule has 1 saturated carbocycles. The molecule has 0 atom stereocenters. The first kappa shape index (κ1) is 9.52. The zero-order valence-corrected chi connectivity index (χ0v) is 8.77. The Bertz CT molecular complexity index is 291. The molecule has 0 bridgehead atoms. The van der Waals surface area contributed by atoms with E-state index in [2.05, 4.69) is 10.6 Å². The van der Waals surface area contributed by atoms with Gasteiger partial charge in [-0.15, -0.1) is 11.3 Å². The van der Waals surface area contributed by atoms with Crippen LogP contribution in [0.3, 0.4) is 0 Å². The highest BCUT2D eigenvalue weighted by Crippen LogP contribution is 2.18. The molecule has 2 rings (SSSR count). The molecule has 2 N–H and O–H groups in total. The van der Waals surface area contributed by atoms with Crippen LogP contribution in [0.15, 0.2) is 17.5 Å². The molecule has 0 aromatic carbocycles. The van der Waals surface area contributed by atoms with Crippen LogP contribution < -0.4 is 10.6 Å². The molecule has 0 aliphatic heterocycles. The number of nitrogens with one attached hydrogen (secondary N) is 2. The molecule has 0 saturated heterocycles. The van der Waals surface area contributed by atoms with Gasteiger partial charge in [0.25, 0.3) is 0 Å². The van der Waals surface area contributed by atoms with Gasteiger partial charge in [0.2, 0.25) is 0 Å². The first-order valence-electron chi connectivity index (χ1n) is 4.95. The number of carbonyl (C=O) groups excluding carboxylic acids is 1. The molecule has 14 heavy (non-hydrogen) atoms. The summed E-state index contributed by atoms with van der Waals surface area (Å²) in [6.07, 6.45) is 4.73. The highest BCUT2D eigenvalue weighted by atomic mass is 32.1. The molecule has 0 radical (unpaired) electrons. The third kappa shape index (κ3) is 2.48. The number of thiophene rings is 1. The van der Waals surface area contributed by atoms with Gasteiger partial charge in [0, 0.05) is 6.04 Å². The van der Waals surface area contributed by atoms with Crippen molar-refractivity contribution in [3.63, 3.8) is 0 Å². The highest BCUT2D eigenvalue weighted by molar-refractivity contribution is 7.14. The van der Waals surface area contributed by atoms with Gasteiger partial charge >= 0.3 is 6.03 Å². The third-order valence-electron chi connectivity index (χ3n) is 2.45. The van der Waals surface area contributed by atoms with Crippen molar-refractivity contribution >= 4 is 22.4 Å². The topological polar surface area (TPSA) is 41.1 Å². The van der Waals surface area contributed by atoms with E-state index in [1.807, 2.05) is 17.5 Å². The van der Waals surface area contributed by atoms with E-state index in [4.69, 9.17) is 0 Å². The van der Waals surface area contributed by atoms with E-state index in [-0.39, 0.29) is 6.03 Å². The number of amides is 2. The van der Waals surface area contributed by atoms with Crippen LogP contribution in [0.25, 0.3) is 0 Å². The molecule has 76 valence electrons. The lowest BCUT2D eigenvalue weighted by Crippen LogP contribution is -2.35. The first-order chi connectivity index (χ1) is 6.84. The number of carbonyl (C=O) groups is 1. The van der Waals surface area contributed by atoms with Crippen molar-refractivity contribution in [1.29, 1.82) is 0 Å². The quantitative estimate of drug-likeness (QED) is 0.774. The third-order valence-corrected chi connectivity index (χ3v) is 3.23. The van der Waals surface area contributed by atoms with Crippen molar-refractivity contribution in [2.45, 2.75) is 31.7 Å². The SMILES string of the molecule is O=C(Nc1cccs1)NC1CCCC1. The Morgan fingerprint density at radius 1 is 1.43 bits per heavy atom. The minimum absolute atomic E-state index is 0.0700. The fourth-order valence-electron chi connectivity index (χ4n) is 1.75. The summed E-state index contributed by atoms with van der Waals surface area (Å²) in [5.74, 6) is 0. The Hall–Kier alpha value is -1.03. The Labute approximate surface area is 87.5 Å². The van der Waals surface area contributed by atoms with Gasteiger partial charge < -0.3 is 5.32 Å². The molecule has 0 unspecified atom stereocenters. The van der Waals surface area contributed by atoms with E-state index in [1.54, 1.807) is 0 Å². The maximum absolute atomic E-state index is 11.5. The van der Waals surface area contributed by atoms with Crippen LogP contribution in [0.2, 0.25) is 0 Å². The van der Waals surface area contributed by atoms with Crippen LogP contribution in [-0.4, -0.2) is 12.1 Å². The minimum atomic E-state index is -0.0700. The van der Waals surface area contributed by atoms with Crippen LogP contribution in [-0.2, 0) is 0 Å². The van der Waals surface area contributed by atoms with Crippen molar-refractivity contribution in [2.24, 2.45) is 0 Å². The van der Waals surface area contributed by atoms with E-state index in [0.717, 1.165) is 17.8 Å². The van der Waals surface area contributed by atoms with Crippen molar-refractivity contribution in [3.05, 3.63) is 17.5 Å². The lowest BCUT2D eigenvalue weighted by molar-refractivity contribution is 0.248.